The van der Waals surface area contributed by atoms with Crippen molar-refractivity contribution in [2.75, 3.05) is 11.4 Å². The Morgan fingerprint density at radius 2 is 2.14 bits per heavy atom. The minimum Gasteiger partial charge on any atom is -0.459 e. The molecule has 4 heteroatoms. The zero-order chi connectivity index (χ0) is 15.5. The third-order valence-corrected chi connectivity index (χ3v) is 4.52. The van der Waals surface area contributed by atoms with Gasteiger partial charge in [0.05, 0.1) is 6.10 Å². The summed E-state index contributed by atoms with van der Waals surface area (Å²) in [4.78, 5) is 19.2. The molecule has 0 spiro atoms. The van der Waals surface area contributed by atoms with Crippen LogP contribution in [0.3, 0.4) is 0 Å². The molecule has 0 atom stereocenters. The van der Waals surface area contributed by atoms with Gasteiger partial charge in [0, 0.05) is 18.3 Å². The fraction of sp³-hybridized carbons (Fsp3) is 0.647. The smallest absolute Gasteiger partial charge is 0.342 e. The molecule has 0 radical (unpaired) electrons. The summed E-state index contributed by atoms with van der Waals surface area (Å²) in [5.41, 5.74) is 0.709. The van der Waals surface area contributed by atoms with Gasteiger partial charge in [-0.3, -0.25) is 0 Å². The van der Waals surface area contributed by atoms with Crippen LogP contribution in [0.5, 0.6) is 0 Å². The molecule has 2 heterocycles. The average molecular weight is 290 g/mol. The Bertz CT molecular complexity index is 495. The van der Waals surface area contributed by atoms with E-state index in [-0.39, 0.29) is 17.6 Å². The maximum absolute atomic E-state index is 12.3. The van der Waals surface area contributed by atoms with Crippen molar-refractivity contribution in [2.24, 2.45) is 0 Å². The van der Waals surface area contributed by atoms with Crippen LogP contribution in [0.1, 0.15) is 63.7 Å². The largest absolute Gasteiger partial charge is 0.459 e. The zero-order valence-corrected chi connectivity index (χ0v) is 13.6. The summed E-state index contributed by atoms with van der Waals surface area (Å²) < 4.78 is 5.37. The van der Waals surface area contributed by atoms with Crippen LogP contribution in [0.25, 0.3) is 0 Å². The molecule has 116 valence electrons. The second kappa shape index (κ2) is 6.46. The molecule has 0 aliphatic carbocycles. The van der Waals surface area contributed by atoms with Gasteiger partial charge in [0.1, 0.15) is 11.4 Å². The summed E-state index contributed by atoms with van der Waals surface area (Å²) in [6.07, 6.45) is 6.09. The molecule has 0 aromatic carbocycles. The van der Waals surface area contributed by atoms with E-state index in [1.54, 1.807) is 12.3 Å². The number of pyridine rings is 1. The molecule has 4 nitrogen and oxygen atoms in total. The van der Waals surface area contributed by atoms with Crippen molar-refractivity contribution in [1.82, 2.24) is 4.98 Å². The minimum atomic E-state index is -0.277. The summed E-state index contributed by atoms with van der Waals surface area (Å²) >= 11 is 0. The number of hydrogen-bond donors (Lipinski definition) is 0. The summed E-state index contributed by atoms with van der Waals surface area (Å²) in [5, 5.41) is 0. The van der Waals surface area contributed by atoms with Crippen molar-refractivity contribution >= 4 is 11.8 Å². The number of nitrogens with zero attached hydrogens (tertiary/aromatic N) is 2. The highest BCUT2D eigenvalue weighted by Gasteiger charge is 2.40. The van der Waals surface area contributed by atoms with E-state index in [2.05, 4.69) is 23.7 Å². The van der Waals surface area contributed by atoms with Gasteiger partial charge in [-0.1, -0.05) is 13.8 Å². The first-order valence-corrected chi connectivity index (χ1v) is 7.97. The first-order chi connectivity index (χ1) is 10.0. The van der Waals surface area contributed by atoms with Crippen LogP contribution in [0, 0.1) is 0 Å². The number of rotatable bonds is 5. The molecule has 1 saturated heterocycles. The van der Waals surface area contributed by atoms with Crippen molar-refractivity contribution in [1.29, 1.82) is 0 Å². The van der Waals surface area contributed by atoms with Gasteiger partial charge in [0.15, 0.2) is 0 Å². The van der Waals surface area contributed by atoms with Gasteiger partial charge in [-0.15, -0.1) is 0 Å². The lowest BCUT2D eigenvalue weighted by molar-refractivity contribution is 0.0378. The third-order valence-electron chi connectivity index (χ3n) is 4.52. The van der Waals surface area contributed by atoms with E-state index in [0.29, 0.717) is 5.56 Å². The molecular weight excluding hydrogens is 264 g/mol. The van der Waals surface area contributed by atoms with Crippen LogP contribution in [0.4, 0.5) is 5.82 Å². The molecular formula is C17H26N2O2. The normalized spacial score (nSPS) is 17.3. The summed E-state index contributed by atoms with van der Waals surface area (Å²) in [7, 11) is 0. The van der Waals surface area contributed by atoms with Crippen molar-refractivity contribution < 1.29 is 9.53 Å². The van der Waals surface area contributed by atoms with Crippen molar-refractivity contribution in [3.63, 3.8) is 0 Å². The Morgan fingerprint density at radius 3 is 2.76 bits per heavy atom. The highest BCUT2D eigenvalue weighted by atomic mass is 16.5. The number of esters is 1. The maximum Gasteiger partial charge on any atom is 0.342 e. The van der Waals surface area contributed by atoms with E-state index in [4.69, 9.17) is 4.74 Å². The fourth-order valence-corrected chi connectivity index (χ4v) is 3.30. The van der Waals surface area contributed by atoms with Crippen molar-refractivity contribution in [2.45, 2.75) is 65.0 Å². The Kier molecular flexibility index (Phi) is 4.86. The Hall–Kier alpha value is -1.58. The number of carbonyl (C=O) groups excluding carboxylic acids is 1. The van der Waals surface area contributed by atoms with E-state index in [9.17, 15) is 4.79 Å². The fourth-order valence-electron chi connectivity index (χ4n) is 3.30. The van der Waals surface area contributed by atoms with Gasteiger partial charge in [-0.25, -0.2) is 9.78 Å². The van der Waals surface area contributed by atoms with E-state index in [1.165, 1.54) is 0 Å². The Balaban J connectivity index is 2.38. The number of ether oxygens (including phenoxy) is 1. The molecule has 0 amide bonds. The minimum absolute atomic E-state index is 0.119. The molecule has 21 heavy (non-hydrogen) atoms. The molecule has 0 unspecified atom stereocenters. The highest BCUT2D eigenvalue weighted by Crippen LogP contribution is 2.39. The summed E-state index contributed by atoms with van der Waals surface area (Å²) in [6, 6.07) is 3.62. The first kappa shape index (κ1) is 15.8. The molecule has 0 N–H and O–H groups in total. The molecule has 1 aromatic rings. The molecule has 2 rings (SSSR count). The predicted octanol–water partition coefficient (Wildman–Crippen LogP) is 3.81. The summed E-state index contributed by atoms with van der Waals surface area (Å²) in [5.74, 6) is 0.505. The molecule has 0 bridgehead atoms. The molecule has 1 aliphatic rings. The second-order valence-electron chi connectivity index (χ2n) is 6.02. The van der Waals surface area contributed by atoms with Gasteiger partial charge >= 0.3 is 5.97 Å². The standard InChI is InChI=1S/C17H26N2O2/c1-5-17(6-2)10-8-12-19(17)15-14(9-7-11-18-15)16(20)21-13(3)4/h7,9,11,13H,5-6,8,10,12H2,1-4H3. The van der Waals surface area contributed by atoms with Crippen LogP contribution in [0.15, 0.2) is 18.3 Å². The van der Waals surface area contributed by atoms with E-state index < -0.39 is 0 Å². The van der Waals surface area contributed by atoms with E-state index in [1.807, 2.05) is 19.9 Å². The van der Waals surface area contributed by atoms with Gasteiger partial charge in [-0.05, 0) is 51.7 Å². The number of anilines is 1. The van der Waals surface area contributed by atoms with Crippen molar-refractivity contribution in [3.05, 3.63) is 23.9 Å². The van der Waals surface area contributed by atoms with Crippen LogP contribution < -0.4 is 4.90 Å². The van der Waals surface area contributed by atoms with Gasteiger partial charge in [0.25, 0.3) is 0 Å². The van der Waals surface area contributed by atoms with Crippen LogP contribution >= 0.6 is 0 Å². The molecule has 1 aromatic heterocycles. The molecule has 1 fully saturated rings. The monoisotopic (exact) mass is 290 g/mol. The maximum atomic E-state index is 12.3. The van der Waals surface area contributed by atoms with Crippen LogP contribution in [0.2, 0.25) is 0 Å². The first-order valence-electron chi connectivity index (χ1n) is 7.97. The lowest BCUT2D eigenvalue weighted by Gasteiger charge is -2.38. The topological polar surface area (TPSA) is 42.4 Å². The van der Waals surface area contributed by atoms with Crippen LogP contribution in [-0.2, 0) is 4.74 Å². The zero-order valence-electron chi connectivity index (χ0n) is 13.6. The van der Waals surface area contributed by atoms with Gasteiger partial charge < -0.3 is 9.64 Å². The van der Waals surface area contributed by atoms with E-state index >= 15 is 0 Å². The average Bonchev–Trinajstić information content (AvgIpc) is 2.90. The molecule has 1 aliphatic heterocycles. The number of carbonyl (C=O) groups is 1. The van der Waals surface area contributed by atoms with Gasteiger partial charge in [-0.2, -0.15) is 0 Å². The number of aromatic nitrogens is 1. The lowest BCUT2D eigenvalue weighted by Crippen LogP contribution is -2.44. The molecule has 0 saturated carbocycles. The van der Waals surface area contributed by atoms with Crippen LogP contribution in [-0.4, -0.2) is 29.1 Å². The Morgan fingerprint density at radius 1 is 1.43 bits per heavy atom. The quantitative estimate of drug-likeness (QED) is 0.773. The second-order valence-corrected chi connectivity index (χ2v) is 6.02. The third kappa shape index (κ3) is 3.04. The lowest BCUT2D eigenvalue weighted by atomic mass is 9.89. The van der Waals surface area contributed by atoms with Crippen molar-refractivity contribution in [3.8, 4) is 0 Å². The SMILES string of the molecule is CCC1(CC)CCCN1c1ncccc1C(=O)OC(C)C. The van der Waals surface area contributed by atoms with Gasteiger partial charge in [0.2, 0.25) is 0 Å². The predicted molar refractivity (Wildman–Crippen MR) is 84.7 cm³/mol. The summed E-state index contributed by atoms with van der Waals surface area (Å²) in [6.45, 7) is 9.13. The number of hydrogen-bond acceptors (Lipinski definition) is 4. The Labute approximate surface area is 127 Å². The van der Waals surface area contributed by atoms with E-state index in [0.717, 1.165) is 38.0 Å². The highest BCUT2D eigenvalue weighted by molar-refractivity contribution is 5.95.